The van der Waals surface area contributed by atoms with E-state index in [1.807, 2.05) is 6.92 Å². The van der Waals surface area contributed by atoms with E-state index in [4.69, 9.17) is 11.6 Å². The molecule has 2 nitrogen and oxygen atoms in total. The molecule has 0 aromatic rings. The van der Waals surface area contributed by atoms with Crippen LogP contribution in [0.15, 0.2) is 0 Å². The third-order valence-electron chi connectivity index (χ3n) is 1.02. The maximum atomic E-state index is 10.3. The van der Waals surface area contributed by atoms with Gasteiger partial charge in [0.1, 0.15) is 0 Å². The molecule has 0 aromatic carbocycles. The summed E-state index contributed by atoms with van der Waals surface area (Å²) in [4.78, 5) is 10.3. The molecule has 0 aliphatic carbocycles. The minimum Gasteiger partial charge on any atom is -0.355 e. The van der Waals surface area contributed by atoms with Gasteiger partial charge in [0.2, 0.25) is 5.91 Å². The van der Waals surface area contributed by atoms with Crippen molar-refractivity contribution in [2.45, 2.75) is 25.6 Å². The third kappa shape index (κ3) is 5.63. The Balaban J connectivity index is 3.16. The zero-order valence-corrected chi connectivity index (χ0v) is 6.53. The Hall–Kier alpha value is -0.240. The van der Waals surface area contributed by atoms with Gasteiger partial charge in [0.05, 0.1) is 5.38 Å². The molecule has 0 aromatic heterocycles. The summed E-state index contributed by atoms with van der Waals surface area (Å²) < 4.78 is 0. The molecule has 9 heavy (non-hydrogen) atoms. The quantitative estimate of drug-likeness (QED) is 0.600. The van der Waals surface area contributed by atoms with Crippen LogP contribution in [-0.4, -0.2) is 17.8 Å². The lowest BCUT2D eigenvalue weighted by atomic mass is 10.3. The van der Waals surface area contributed by atoms with Gasteiger partial charge in [-0.25, -0.2) is 0 Å². The van der Waals surface area contributed by atoms with E-state index in [0.717, 1.165) is 6.42 Å². The van der Waals surface area contributed by atoms with E-state index >= 15 is 0 Å². The maximum Gasteiger partial charge on any atom is 0.216 e. The number of amides is 1. The van der Waals surface area contributed by atoms with Crippen molar-refractivity contribution in [3.63, 3.8) is 0 Å². The molecule has 0 rings (SSSR count). The molecule has 1 amide bonds. The minimum absolute atomic E-state index is 0.0194. The Morgan fingerprint density at radius 3 is 2.67 bits per heavy atom. The van der Waals surface area contributed by atoms with Crippen LogP contribution in [0.1, 0.15) is 20.3 Å². The first kappa shape index (κ1) is 8.76. The Labute approximate surface area is 60.6 Å². The molecule has 1 atom stereocenters. The zero-order chi connectivity index (χ0) is 7.28. The number of alkyl halides is 1. The molecule has 0 spiro atoms. The van der Waals surface area contributed by atoms with Crippen LogP contribution in [0.5, 0.6) is 0 Å². The van der Waals surface area contributed by atoms with E-state index in [9.17, 15) is 4.79 Å². The second-order valence-corrected chi connectivity index (χ2v) is 2.56. The average Bonchev–Trinajstić information content (AvgIpc) is 1.83. The predicted molar refractivity (Wildman–Crippen MR) is 38.6 cm³/mol. The summed E-state index contributed by atoms with van der Waals surface area (Å²) in [6.07, 6.45) is 0.891. The number of rotatable bonds is 3. The van der Waals surface area contributed by atoms with Crippen molar-refractivity contribution < 1.29 is 4.79 Å². The number of carbonyl (C=O) groups excluding carboxylic acids is 1. The van der Waals surface area contributed by atoms with Gasteiger partial charge >= 0.3 is 0 Å². The Morgan fingerprint density at radius 1 is 1.78 bits per heavy atom. The van der Waals surface area contributed by atoms with Crippen LogP contribution in [0, 0.1) is 0 Å². The average molecular weight is 150 g/mol. The van der Waals surface area contributed by atoms with Gasteiger partial charge in [-0.2, -0.15) is 0 Å². The SMILES string of the molecule is CCC(Cl)CNC(C)=O. The molecule has 0 fully saturated rings. The van der Waals surface area contributed by atoms with Gasteiger partial charge < -0.3 is 5.32 Å². The maximum absolute atomic E-state index is 10.3. The smallest absolute Gasteiger partial charge is 0.216 e. The monoisotopic (exact) mass is 149 g/mol. The summed E-state index contributed by atoms with van der Waals surface area (Å²) in [5.74, 6) is -0.0194. The van der Waals surface area contributed by atoms with E-state index < -0.39 is 0 Å². The fourth-order valence-electron chi connectivity index (χ4n) is 0.399. The van der Waals surface area contributed by atoms with Crippen LogP contribution in [0.3, 0.4) is 0 Å². The van der Waals surface area contributed by atoms with Crippen molar-refractivity contribution >= 4 is 17.5 Å². The molecule has 0 radical (unpaired) electrons. The van der Waals surface area contributed by atoms with Gasteiger partial charge in [-0.1, -0.05) is 6.92 Å². The summed E-state index contributed by atoms with van der Waals surface area (Å²) in [7, 11) is 0. The van der Waals surface area contributed by atoms with Gasteiger partial charge in [0, 0.05) is 13.5 Å². The predicted octanol–water partition coefficient (Wildman–Crippen LogP) is 1.14. The van der Waals surface area contributed by atoms with E-state index in [1.54, 1.807) is 0 Å². The molecule has 1 N–H and O–H groups in total. The number of halogens is 1. The number of carbonyl (C=O) groups is 1. The molecule has 0 aliphatic rings. The van der Waals surface area contributed by atoms with Crippen LogP contribution in [0.2, 0.25) is 0 Å². The Bertz CT molecular complexity index is 95.1. The summed E-state index contributed by atoms with van der Waals surface area (Å²) in [6.45, 7) is 4.05. The summed E-state index contributed by atoms with van der Waals surface area (Å²) >= 11 is 5.69. The number of nitrogens with one attached hydrogen (secondary N) is 1. The van der Waals surface area contributed by atoms with Gasteiger partial charge in [-0.05, 0) is 6.42 Å². The molecular formula is C6H12ClNO. The number of hydrogen-bond acceptors (Lipinski definition) is 1. The first-order chi connectivity index (χ1) is 4.16. The highest BCUT2D eigenvalue weighted by Crippen LogP contribution is 1.97. The van der Waals surface area contributed by atoms with Crippen molar-refractivity contribution in [2.24, 2.45) is 0 Å². The van der Waals surface area contributed by atoms with Crippen molar-refractivity contribution in [3.05, 3.63) is 0 Å². The second kappa shape index (κ2) is 4.62. The van der Waals surface area contributed by atoms with E-state index in [0.29, 0.717) is 6.54 Å². The van der Waals surface area contributed by atoms with Crippen LogP contribution < -0.4 is 5.32 Å². The molecule has 1 unspecified atom stereocenters. The highest BCUT2D eigenvalue weighted by molar-refractivity contribution is 6.20. The molecule has 0 saturated heterocycles. The highest BCUT2D eigenvalue weighted by Gasteiger charge is 1.99. The normalized spacial score (nSPS) is 12.8. The molecule has 3 heteroatoms. The van der Waals surface area contributed by atoms with E-state index in [-0.39, 0.29) is 11.3 Å². The fraction of sp³-hybridized carbons (Fsp3) is 0.833. The summed E-state index contributed by atoms with van der Waals surface area (Å²) in [5, 5.41) is 2.70. The van der Waals surface area contributed by atoms with Crippen LogP contribution in [0.4, 0.5) is 0 Å². The lowest BCUT2D eigenvalue weighted by Gasteiger charge is -2.04. The van der Waals surface area contributed by atoms with Crippen molar-refractivity contribution in [1.82, 2.24) is 5.32 Å². The van der Waals surface area contributed by atoms with Crippen molar-refractivity contribution in [2.75, 3.05) is 6.54 Å². The summed E-state index contributed by atoms with van der Waals surface area (Å²) in [6, 6.07) is 0. The van der Waals surface area contributed by atoms with E-state index in [2.05, 4.69) is 5.32 Å². The molecule has 0 bridgehead atoms. The Morgan fingerprint density at radius 2 is 2.33 bits per heavy atom. The van der Waals surface area contributed by atoms with Crippen LogP contribution in [-0.2, 0) is 4.79 Å². The Kier molecular flexibility index (Phi) is 4.50. The molecule has 0 heterocycles. The lowest BCUT2D eigenvalue weighted by molar-refractivity contribution is -0.118. The zero-order valence-electron chi connectivity index (χ0n) is 5.78. The topological polar surface area (TPSA) is 29.1 Å². The standard InChI is InChI=1S/C6H12ClNO/c1-3-6(7)4-8-5(2)9/h6H,3-4H2,1-2H3,(H,8,9). The molecule has 54 valence electrons. The minimum atomic E-state index is -0.0194. The van der Waals surface area contributed by atoms with Gasteiger partial charge in [-0.3, -0.25) is 4.79 Å². The molecule has 0 aliphatic heterocycles. The molecular weight excluding hydrogens is 138 g/mol. The summed E-state index contributed by atoms with van der Waals surface area (Å²) in [5.41, 5.74) is 0. The highest BCUT2D eigenvalue weighted by atomic mass is 35.5. The number of hydrogen-bond donors (Lipinski definition) is 1. The largest absolute Gasteiger partial charge is 0.355 e. The van der Waals surface area contributed by atoms with E-state index in [1.165, 1.54) is 6.92 Å². The third-order valence-corrected chi connectivity index (χ3v) is 1.48. The first-order valence-corrected chi connectivity index (χ1v) is 3.49. The van der Waals surface area contributed by atoms with Gasteiger partial charge in [0.25, 0.3) is 0 Å². The second-order valence-electron chi connectivity index (χ2n) is 1.94. The van der Waals surface area contributed by atoms with Crippen molar-refractivity contribution in [3.8, 4) is 0 Å². The van der Waals surface area contributed by atoms with Crippen molar-refractivity contribution in [1.29, 1.82) is 0 Å². The van der Waals surface area contributed by atoms with Crippen LogP contribution in [0.25, 0.3) is 0 Å². The van der Waals surface area contributed by atoms with Crippen LogP contribution >= 0.6 is 11.6 Å². The van der Waals surface area contributed by atoms with Gasteiger partial charge in [-0.15, -0.1) is 11.6 Å². The molecule has 0 saturated carbocycles. The van der Waals surface area contributed by atoms with Gasteiger partial charge in [0.15, 0.2) is 0 Å². The fourth-order valence-corrected chi connectivity index (χ4v) is 0.476. The lowest BCUT2D eigenvalue weighted by Crippen LogP contribution is -2.26. The first-order valence-electron chi connectivity index (χ1n) is 3.05.